The second-order valence-corrected chi connectivity index (χ2v) is 4.21. The van der Waals surface area contributed by atoms with Gasteiger partial charge in [0.15, 0.2) is 0 Å². The first kappa shape index (κ1) is 11.7. The van der Waals surface area contributed by atoms with Crippen LogP contribution >= 0.6 is 0 Å². The van der Waals surface area contributed by atoms with Crippen LogP contribution in [0.1, 0.15) is 22.8 Å². The van der Waals surface area contributed by atoms with E-state index in [2.05, 4.69) is 0 Å². The maximum atomic E-state index is 10.1. The molecule has 0 heterocycles. The van der Waals surface area contributed by atoms with E-state index in [-0.39, 0.29) is 5.75 Å². The van der Waals surface area contributed by atoms with E-state index in [0.717, 1.165) is 11.1 Å². The second kappa shape index (κ2) is 5.02. The molecule has 0 unspecified atom stereocenters. The van der Waals surface area contributed by atoms with Gasteiger partial charge in [-0.25, -0.2) is 0 Å². The normalized spacial score (nSPS) is 12.4. The van der Waals surface area contributed by atoms with E-state index in [1.165, 1.54) is 0 Å². The first-order chi connectivity index (χ1) is 8.18. The number of phenols is 1. The molecule has 0 aliphatic heterocycles. The summed E-state index contributed by atoms with van der Waals surface area (Å²) in [4.78, 5) is 0. The van der Waals surface area contributed by atoms with Crippen LogP contribution in [0.15, 0.2) is 48.5 Å². The molecule has 2 N–H and O–H groups in total. The third-order valence-corrected chi connectivity index (χ3v) is 2.97. The fourth-order valence-electron chi connectivity index (χ4n) is 1.93. The summed E-state index contributed by atoms with van der Waals surface area (Å²) in [7, 11) is 0. The van der Waals surface area contributed by atoms with Gasteiger partial charge in [0.1, 0.15) is 5.75 Å². The molecule has 88 valence electrons. The molecule has 0 saturated carbocycles. The molecule has 0 fully saturated rings. The van der Waals surface area contributed by atoms with Crippen LogP contribution in [0.2, 0.25) is 0 Å². The highest BCUT2D eigenvalue weighted by molar-refractivity contribution is 5.35. The maximum absolute atomic E-state index is 10.1. The van der Waals surface area contributed by atoms with E-state index in [4.69, 9.17) is 0 Å². The Morgan fingerprint density at radius 1 is 1.00 bits per heavy atom. The van der Waals surface area contributed by atoms with Gasteiger partial charge in [0, 0.05) is 12.0 Å². The van der Waals surface area contributed by atoms with Crippen LogP contribution in [-0.2, 0) is 6.42 Å². The van der Waals surface area contributed by atoms with E-state index in [1.54, 1.807) is 18.2 Å². The largest absolute Gasteiger partial charge is 0.508 e. The van der Waals surface area contributed by atoms with Crippen molar-refractivity contribution < 1.29 is 10.2 Å². The Hall–Kier alpha value is -1.80. The summed E-state index contributed by atoms with van der Waals surface area (Å²) in [5.74, 6) is 0.147. The predicted molar refractivity (Wildman–Crippen MR) is 67.9 cm³/mol. The lowest BCUT2D eigenvalue weighted by Gasteiger charge is -2.14. The van der Waals surface area contributed by atoms with Crippen molar-refractivity contribution in [1.29, 1.82) is 0 Å². The highest BCUT2D eigenvalue weighted by Gasteiger charge is 2.13. The standard InChI is InChI=1S/C15H16O2/c1-11-6-2-3-7-12(11)10-15(17)13-8-4-5-9-14(13)16/h2-9,15-17H,10H2,1H3/t15-/m1/s1. The van der Waals surface area contributed by atoms with Crippen LogP contribution in [0.3, 0.4) is 0 Å². The van der Waals surface area contributed by atoms with Crippen LogP contribution < -0.4 is 0 Å². The second-order valence-electron chi connectivity index (χ2n) is 4.21. The van der Waals surface area contributed by atoms with Crippen LogP contribution in [0.25, 0.3) is 0 Å². The van der Waals surface area contributed by atoms with Gasteiger partial charge in [-0.2, -0.15) is 0 Å². The predicted octanol–water partition coefficient (Wildman–Crippen LogP) is 2.98. The van der Waals surface area contributed by atoms with Crippen molar-refractivity contribution in [3.63, 3.8) is 0 Å². The molecule has 0 spiro atoms. The Balaban J connectivity index is 2.20. The fourth-order valence-corrected chi connectivity index (χ4v) is 1.93. The lowest BCUT2D eigenvalue weighted by molar-refractivity contribution is 0.174. The van der Waals surface area contributed by atoms with Crippen molar-refractivity contribution in [2.75, 3.05) is 0 Å². The van der Waals surface area contributed by atoms with Gasteiger partial charge in [-0.1, -0.05) is 42.5 Å². The zero-order chi connectivity index (χ0) is 12.3. The molecule has 2 nitrogen and oxygen atoms in total. The zero-order valence-electron chi connectivity index (χ0n) is 9.80. The molecule has 0 radical (unpaired) electrons. The summed E-state index contributed by atoms with van der Waals surface area (Å²) >= 11 is 0. The van der Waals surface area contributed by atoms with Crippen molar-refractivity contribution in [3.8, 4) is 5.75 Å². The summed E-state index contributed by atoms with van der Waals surface area (Å²) in [5.41, 5.74) is 2.83. The minimum absolute atomic E-state index is 0.147. The van der Waals surface area contributed by atoms with Crippen LogP contribution in [0, 0.1) is 6.92 Å². The molecule has 0 aliphatic rings. The van der Waals surface area contributed by atoms with E-state index in [0.29, 0.717) is 12.0 Å². The number of aliphatic hydroxyl groups excluding tert-OH is 1. The summed E-state index contributed by atoms with van der Waals surface area (Å²) in [6.07, 6.45) is -0.151. The van der Waals surface area contributed by atoms with Gasteiger partial charge in [-0.05, 0) is 24.1 Å². The first-order valence-electron chi connectivity index (χ1n) is 5.69. The smallest absolute Gasteiger partial charge is 0.121 e. The molecular formula is C15H16O2. The summed E-state index contributed by atoms with van der Waals surface area (Å²) in [6.45, 7) is 2.02. The average Bonchev–Trinajstić information content (AvgIpc) is 2.32. The van der Waals surface area contributed by atoms with Gasteiger partial charge < -0.3 is 10.2 Å². The number of hydrogen-bond donors (Lipinski definition) is 2. The summed E-state index contributed by atoms with van der Waals surface area (Å²) < 4.78 is 0. The highest BCUT2D eigenvalue weighted by Crippen LogP contribution is 2.26. The molecule has 1 atom stereocenters. The number of aliphatic hydroxyl groups is 1. The third kappa shape index (κ3) is 2.66. The van der Waals surface area contributed by atoms with E-state index in [1.807, 2.05) is 37.3 Å². The summed E-state index contributed by atoms with van der Waals surface area (Å²) in [5, 5.41) is 19.8. The van der Waals surface area contributed by atoms with Crippen LogP contribution in [0.4, 0.5) is 0 Å². The van der Waals surface area contributed by atoms with E-state index < -0.39 is 6.10 Å². The number of benzene rings is 2. The van der Waals surface area contributed by atoms with Crippen LogP contribution in [0.5, 0.6) is 5.75 Å². The van der Waals surface area contributed by atoms with Gasteiger partial charge in [0.05, 0.1) is 6.10 Å². The van der Waals surface area contributed by atoms with Gasteiger partial charge in [0.25, 0.3) is 0 Å². The molecule has 0 aliphatic carbocycles. The van der Waals surface area contributed by atoms with Crippen molar-refractivity contribution >= 4 is 0 Å². The van der Waals surface area contributed by atoms with Crippen molar-refractivity contribution in [2.24, 2.45) is 0 Å². The average molecular weight is 228 g/mol. The molecule has 2 aromatic rings. The molecule has 17 heavy (non-hydrogen) atoms. The monoisotopic (exact) mass is 228 g/mol. The maximum Gasteiger partial charge on any atom is 0.121 e. The first-order valence-corrected chi connectivity index (χ1v) is 5.69. The third-order valence-electron chi connectivity index (χ3n) is 2.97. The fraction of sp³-hybridized carbons (Fsp3) is 0.200. The summed E-state index contributed by atoms with van der Waals surface area (Å²) in [6, 6.07) is 14.9. The number of aromatic hydroxyl groups is 1. The minimum atomic E-state index is -0.669. The van der Waals surface area contributed by atoms with Gasteiger partial charge in [-0.3, -0.25) is 0 Å². The van der Waals surface area contributed by atoms with Gasteiger partial charge in [0.2, 0.25) is 0 Å². The quantitative estimate of drug-likeness (QED) is 0.847. The molecule has 0 amide bonds. The molecule has 0 aromatic heterocycles. The molecule has 2 rings (SSSR count). The lowest BCUT2D eigenvalue weighted by Crippen LogP contribution is -2.03. The van der Waals surface area contributed by atoms with Crippen LogP contribution in [-0.4, -0.2) is 10.2 Å². The number of para-hydroxylation sites is 1. The number of aryl methyl sites for hydroxylation is 1. The zero-order valence-corrected chi connectivity index (χ0v) is 9.80. The number of hydrogen-bond acceptors (Lipinski definition) is 2. The Bertz CT molecular complexity index is 506. The van der Waals surface area contributed by atoms with Gasteiger partial charge >= 0.3 is 0 Å². The minimum Gasteiger partial charge on any atom is -0.508 e. The molecule has 0 saturated heterocycles. The van der Waals surface area contributed by atoms with Gasteiger partial charge in [-0.15, -0.1) is 0 Å². The Morgan fingerprint density at radius 3 is 2.35 bits per heavy atom. The van der Waals surface area contributed by atoms with Crippen molar-refractivity contribution in [1.82, 2.24) is 0 Å². The highest BCUT2D eigenvalue weighted by atomic mass is 16.3. The molecular weight excluding hydrogens is 212 g/mol. The van der Waals surface area contributed by atoms with E-state index in [9.17, 15) is 10.2 Å². The lowest BCUT2D eigenvalue weighted by atomic mass is 9.98. The Kier molecular flexibility index (Phi) is 3.45. The Morgan fingerprint density at radius 2 is 1.65 bits per heavy atom. The number of rotatable bonds is 3. The molecule has 2 aromatic carbocycles. The SMILES string of the molecule is Cc1ccccc1C[C@@H](O)c1ccccc1O. The van der Waals surface area contributed by atoms with E-state index >= 15 is 0 Å². The Labute approximate surface area is 101 Å². The number of phenolic OH excluding ortho intramolecular Hbond substituents is 1. The molecule has 0 bridgehead atoms. The van der Waals surface area contributed by atoms with Crippen molar-refractivity contribution in [2.45, 2.75) is 19.4 Å². The van der Waals surface area contributed by atoms with Crippen molar-refractivity contribution in [3.05, 3.63) is 65.2 Å². The topological polar surface area (TPSA) is 40.5 Å². The molecule has 2 heteroatoms.